The van der Waals surface area contributed by atoms with Crippen molar-refractivity contribution in [3.05, 3.63) is 51.8 Å². The summed E-state index contributed by atoms with van der Waals surface area (Å²) in [6, 6.07) is 5.45. The van der Waals surface area contributed by atoms with Gasteiger partial charge in [0.05, 0.1) is 19.8 Å². The normalized spacial score (nSPS) is 14.6. The van der Waals surface area contributed by atoms with Gasteiger partial charge in [-0.05, 0) is 36.5 Å². The van der Waals surface area contributed by atoms with Gasteiger partial charge >= 0.3 is 0 Å². The van der Waals surface area contributed by atoms with Crippen molar-refractivity contribution in [2.75, 3.05) is 13.7 Å². The van der Waals surface area contributed by atoms with Gasteiger partial charge in [0.25, 0.3) is 0 Å². The Labute approximate surface area is 156 Å². The summed E-state index contributed by atoms with van der Waals surface area (Å²) in [6.07, 6.45) is 5.30. The number of H-pyrrole nitrogens is 1. The lowest BCUT2D eigenvalue weighted by molar-refractivity contribution is -0.377. The Balaban J connectivity index is 0.00000225. The van der Waals surface area contributed by atoms with Crippen molar-refractivity contribution in [2.45, 2.75) is 25.4 Å². The summed E-state index contributed by atoms with van der Waals surface area (Å²) in [4.78, 5) is 2.86. The smallest absolute Gasteiger partial charge is 0.186 e. The van der Waals surface area contributed by atoms with Crippen molar-refractivity contribution in [1.29, 1.82) is 0 Å². The maximum absolute atomic E-state index is 10.6. The predicted octanol–water partition coefficient (Wildman–Crippen LogP) is 3.70. The quantitative estimate of drug-likeness (QED) is 0.787. The predicted molar refractivity (Wildman–Crippen MR) is 94.8 cm³/mol. The first kappa shape index (κ1) is 19.8. The zero-order valence-corrected chi connectivity index (χ0v) is 15.3. The van der Waals surface area contributed by atoms with Gasteiger partial charge < -0.3 is 20.1 Å². The highest BCUT2D eigenvalue weighted by atomic mass is 35.5. The summed E-state index contributed by atoms with van der Waals surface area (Å²) in [5.74, 6) is 1.96. The molecule has 1 aromatic carbocycles. The van der Waals surface area contributed by atoms with Crippen molar-refractivity contribution >= 4 is 23.2 Å². The van der Waals surface area contributed by atoms with E-state index in [1.807, 2.05) is 18.2 Å². The van der Waals surface area contributed by atoms with Gasteiger partial charge in [-0.15, -0.1) is 0 Å². The second-order valence-corrected chi connectivity index (χ2v) is 6.83. The van der Waals surface area contributed by atoms with Crippen molar-refractivity contribution in [3.8, 4) is 11.5 Å². The van der Waals surface area contributed by atoms with Crippen LogP contribution in [0.4, 0.5) is 0 Å². The fourth-order valence-corrected chi connectivity index (χ4v) is 3.02. The van der Waals surface area contributed by atoms with Crippen LogP contribution in [0.1, 0.15) is 30.1 Å². The molecule has 1 aliphatic carbocycles. The summed E-state index contributed by atoms with van der Waals surface area (Å²) in [6.45, 7) is 0.683. The molecule has 25 heavy (non-hydrogen) atoms. The topological polar surface area (TPSA) is 82.8 Å². The van der Waals surface area contributed by atoms with Crippen LogP contribution in [0, 0.1) is 5.92 Å². The second-order valence-electron chi connectivity index (χ2n) is 6.01. The summed E-state index contributed by atoms with van der Waals surface area (Å²) >= 11 is 12.3. The molecule has 1 unspecified atom stereocenters. The Morgan fingerprint density at radius 1 is 1.20 bits per heavy atom. The second kappa shape index (κ2) is 8.72. The van der Waals surface area contributed by atoms with E-state index in [0.29, 0.717) is 46.1 Å². The van der Waals surface area contributed by atoms with Crippen molar-refractivity contribution < 1.29 is 25.0 Å². The number of nitrogens with one attached hydrogen (secondary N) is 1. The zero-order chi connectivity index (χ0) is 17.1. The number of rotatable bonds is 7. The van der Waals surface area contributed by atoms with E-state index in [-0.39, 0.29) is 5.48 Å². The first-order valence-corrected chi connectivity index (χ1v) is 8.67. The van der Waals surface area contributed by atoms with Gasteiger partial charge in [-0.3, -0.25) is 0 Å². The van der Waals surface area contributed by atoms with E-state index >= 15 is 0 Å². The molecular formula is C18H21Cl2NO4. The lowest BCUT2D eigenvalue weighted by Crippen LogP contribution is -2.08. The molecule has 0 amide bonds. The molecule has 0 spiro atoms. The molecule has 1 aromatic heterocycles. The minimum Gasteiger partial charge on any atom is -0.870 e. The van der Waals surface area contributed by atoms with Crippen molar-refractivity contribution in [3.63, 3.8) is 0 Å². The highest BCUT2D eigenvalue weighted by Gasteiger charge is 2.23. The molecule has 0 saturated heterocycles. The fourth-order valence-electron chi connectivity index (χ4n) is 2.49. The number of aromatic nitrogens is 1. The van der Waals surface area contributed by atoms with Gasteiger partial charge in [-0.2, -0.15) is 0 Å². The van der Waals surface area contributed by atoms with E-state index in [1.54, 1.807) is 19.5 Å². The molecule has 0 radical (unpaired) electrons. The number of methoxy groups -OCH3 is 1. The molecule has 0 aliphatic heterocycles. The number of ether oxygens (including phenoxy) is 2. The maximum atomic E-state index is 10.6. The summed E-state index contributed by atoms with van der Waals surface area (Å²) in [5, 5.41) is 11.6. The fraction of sp³-hybridized carbons (Fsp3) is 0.389. The standard InChI is InChI=1S/C18H19Cl2NO3.H2O/c1-23-17-5-4-12(6-18(17)24-10-11-2-3-11)16(22)7-13-14(19)8-21-9-15(13)20;/h4-6,8-9,11,16,22H,2-3,7,10H2,1H3;1H2. The largest absolute Gasteiger partial charge is 0.870 e. The Morgan fingerprint density at radius 2 is 1.88 bits per heavy atom. The number of aliphatic hydroxyl groups is 1. The molecule has 1 fully saturated rings. The van der Waals surface area contributed by atoms with Crippen LogP contribution in [0.2, 0.25) is 10.0 Å². The van der Waals surface area contributed by atoms with Crippen LogP contribution in [0.3, 0.4) is 0 Å². The Kier molecular flexibility index (Phi) is 6.90. The molecule has 7 heteroatoms. The van der Waals surface area contributed by atoms with Crippen LogP contribution < -0.4 is 14.5 Å². The van der Waals surface area contributed by atoms with Crippen LogP contribution in [-0.4, -0.2) is 24.3 Å². The van der Waals surface area contributed by atoms with Gasteiger partial charge in [0.2, 0.25) is 0 Å². The molecule has 3 rings (SSSR count). The zero-order valence-electron chi connectivity index (χ0n) is 13.8. The molecule has 2 aromatic rings. The monoisotopic (exact) mass is 385 g/mol. The molecule has 1 saturated carbocycles. The third-order valence-corrected chi connectivity index (χ3v) is 4.81. The number of pyridine rings is 1. The van der Waals surface area contributed by atoms with E-state index in [1.165, 1.54) is 12.8 Å². The molecule has 136 valence electrons. The van der Waals surface area contributed by atoms with E-state index in [0.717, 1.165) is 5.56 Å². The Bertz CT molecular complexity index is 702. The van der Waals surface area contributed by atoms with Gasteiger partial charge in [-0.25, -0.2) is 4.98 Å². The first-order chi connectivity index (χ1) is 11.6. The van der Waals surface area contributed by atoms with Crippen LogP contribution >= 0.6 is 23.2 Å². The SMILES string of the molecule is COc1ccc(C(O)Cc2c(Cl)c[nH+]cc2Cl)cc1OCC1CC1.[OH-]. The van der Waals surface area contributed by atoms with E-state index in [9.17, 15) is 5.11 Å². The third kappa shape index (κ3) is 4.98. The molecule has 1 heterocycles. The molecule has 1 atom stereocenters. The maximum Gasteiger partial charge on any atom is 0.186 e. The van der Waals surface area contributed by atoms with Gasteiger partial charge in [0.1, 0.15) is 10.0 Å². The highest BCUT2D eigenvalue weighted by molar-refractivity contribution is 6.35. The lowest BCUT2D eigenvalue weighted by atomic mass is 10.0. The number of hydrogen-bond donors (Lipinski definition) is 1. The minimum absolute atomic E-state index is 0. The number of aliphatic hydroxyl groups excluding tert-OH is 1. The average molecular weight is 386 g/mol. The number of aromatic amines is 1. The van der Waals surface area contributed by atoms with Gasteiger partial charge in [0.15, 0.2) is 23.9 Å². The van der Waals surface area contributed by atoms with Gasteiger partial charge in [0, 0.05) is 12.0 Å². The summed E-state index contributed by atoms with van der Waals surface area (Å²) in [5.41, 5.74) is 1.45. The lowest BCUT2D eigenvalue weighted by Gasteiger charge is -2.16. The Morgan fingerprint density at radius 3 is 2.48 bits per heavy atom. The average Bonchev–Trinajstić information content (AvgIpc) is 3.40. The minimum atomic E-state index is -0.739. The van der Waals surface area contributed by atoms with Crippen LogP contribution in [0.15, 0.2) is 30.6 Å². The van der Waals surface area contributed by atoms with Gasteiger partial charge in [-0.1, -0.05) is 29.3 Å². The molecule has 1 aliphatic rings. The molecular weight excluding hydrogens is 365 g/mol. The van der Waals surface area contributed by atoms with Crippen LogP contribution in [-0.2, 0) is 6.42 Å². The number of hydrogen-bond acceptors (Lipinski definition) is 4. The Hall–Kier alpha value is -1.53. The number of benzene rings is 1. The van der Waals surface area contributed by atoms with E-state index in [4.69, 9.17) is 32.7 Å². The van der Waals surface area contributed by atoms with Crippen LogP contribution in [0.25, 0.3) is 0 Å². The molecule has 0 bridgehead atoms. The van der Waals surface area contributed by atoms with Crippen molar-refractivity contribution in [2.24, 2.45) is 5.92 Å². The third-order valence-electron chi connectivity index (χ3n) is 4.14. The first-order valence-electron chi connectivity index (χ1n) is 7.91. The van der Waals surface area contributed by atoms with Crippen LogP contribution in [0.5, 0.6) is 11.5 Å². The molecule has 5 nitrogen and oxygen atoms in total. The molecule has 3 N–H and O–H groups in total. The number of halogens is 2. The summed E-state index contributed by atoms with van der Waals surface area (Å²) in [7, 11) is 1.61. The summed E-state index contributed by atoms with van der Waals surface area (Å²) < 4.78 is 11.2. The van der Waals surface area contributed by atoms with E-state index < -0.39 is 6.10 Å². The van der Waals surface area contributed by atoms with Crippen molar-refractivity contribution in [1.82, 2.24) is 0 Å². The van der Waals surface area contributed by atoms with E-state index in [2.05, 4.69) is 4.98 Å². The highest BCUT2D eigenvalue weighted by Crippen LogP contribution is 2.35.